The molecule has 0 bridgehead atoms. The summed E-state index contributed by atoms with van der Waals surface area (Å²) in [6, 6.07) is 3.84. The summed E-state index contributed by atoms with van der Waals surface area (Å²) in [4.78, 5) is 36.6. The first-order valence-corrected chi connectivity index (χ1v) is 6.06. The van der Waals surface area contributed by atoms with E-state index in [0.29, 0.717) is 5.69 Å². The van der Waals surface area contributed by atoms with Gasteiger partial charge in [0.15, 0.2) is 0 Å². The number of carbonyl (C=O) groups is 2. The smallest absolute Gasteiger partial charge is 0.340 e. The van der Waals surface area contributed by atoms with E-state index >= 15 is 0 Å². The van der Waals surface area contributed by atoms with Crippen LogP contribution in [0.2, 0.25) is 0 Å². The van der Waals surface area contributed by atoms with Crippen LogP contribution in [0.5, 0.6) is 0 Å². The van der Waals surface area contributed by atoms with Crippen LogP contribution in [0.3, 0.4) is 0 Å². The van der Waals surface area contributed by atoms with E-state index in [9.17, 15) is 19.7 Å². The maximum absolute atomic E-state index is 11.8. The third-order valence-corrected chi connectivity index (χ3v) is 2.88. The minimum atomic E-state index is -0.696. The van der Waals surface area contributed by atoms with Gasteiger partial charge in [-0.25, -0.2) is 4.79 Å². The number of ether oxygens (including phenoxy) is 1. The van der Waals surface area contributed by atoms with Crippen LogP contribution < -0.4 is 4.90 Å². The topological polar surface area (TPSA) is 93.0 Å². The maximum atomic E-state index is 11.8. The number of benzene rings is 1. The molecule has 0 unspecified atom stereocenters. The van der Waals surface area contributed by atoms with E-state index in [-0.39, 0.29) is 23.7 Å². The van der Waals surface area contributed by atoms with Crippen LogP contribution in [0.4, 0.5) is 11.4 Å². The number of hydrogen-bond acceptors (Lipinski definition) is 6. The van der Waals surface area contributed by atoms with Gasteiger partial charge in [0.2, 0.25) is 5.91 Å². The number of nitrogens with zero attached hydrogens (tertiary/aromatic N) is 3. The van der Waals surface area contributed by atoms with Gasteiger partial charge in [-0.2, -0.15) is 0 Å². The lowest BCUT2D eigenvalue weighted by Crippen LogP contribution is -2.35. The molecule has 1 amide bonds. The van der Waals surface area contributed by atoms with E-state index in [2.05, 4.69) is 4.74 Å². The highest BCUT2D eigenvalue weighted by Gasteiger charge is 2.21. The highest BCUT2D eigenvalue weighted by Crippen LogP contribution is 2.25. The fourth-order valence-corrected chi connectivity index (χ4v) is 1.67. The SMILES string of the molecule is COC(=O)c1cc([N+](=O)[O-])ccc1N(C)CC(=O)N(C)C. The molecular weight excluding hydrogens is 278 g/mol. The molecule has 0 saturated carbocycles. The molecule has 114 valence electrons. The number of non-ortho nitro benzene ring substituents is 1. The second-order valence-electron chi connectivity index (χ2n) is 4.59. The molecule has 21 heavy (non-hydrogen) atoms. The van der Waals surface area contributed by atoms with Crippen molar-refractivity contribution in [2.24, 2.45) is 0 Å². The van der Waals surface area contributed by atoms with Gasteiger partial charge in [-0.3, -0.25) is 14.9 Å². The highest BCUT2D eigenvalue weighted by atomic mass is 16.6. The molecule has 8 nitrogen and oxygen atoms in total. The van der Waals surface area contributed by atoms with Crippen LogP contribution in [0.15, 0.2) is 18.2 Å². The number of likely N-dealkylation sites (N-methyl/N-ethyl adjacent to an activating group) is 2. The van der Waals surface area contributed by atoms with E-state index in [0.717, 1.165) is 6.07 Å². The third-order valence-electron chi connectivity index (χ3n) is 2.88. The van der Waals surface area contributed by atoms with Gasteiger partial charge in [-0.15, -0.1) is 0 Å². The van der Waals surface area contributed by atoms with Crippen molar-refractivity contribution < 1.29 is 19.2 Å². The summed E-state index contributed by atoms with van der Waals surface area (Å²) in [5.41, 5.74) is 0.217. The molecule has 1 aromatic rings. The Balaban J connectivity index is 3.19. The molecule has 1 aromatic carbocycles. The Morgan fingerprint density at radius 3 is 2.38 bits per heavy atom. The average molecular weight is 295 g/mol. The lowest BCUT2D eigenvalue weighted by molar-refractivity contribution is -0.384. The van der Waals surface area contributed by atoms with Crippen LogP contribution in [0.25, 0.3) is 0 Å². The molecule has 0 fully saturated rings. The Hall–Kier alpha value is -2.64. The number of esters is 1. The molecule has 0 N–H and O–H groups in total. The predicted molar refractivity (Wildman–Crippen MR) is 76.4 cm³/mol. The van der Waals surface area contributed by atoms with E-state index in [1.165, 1.54) is 29.0 Å². The molecule has 0 atom stereocenters. The highest BCUT2D eigenvalue weighted by molar-refractivity contribution is 5.97. The van der Waals surface area contributed by atoms with Crippen molar-refractivity contribution in [3.05, 3.63) is 33.9 Å². The Morgan fingerprint density at radius 1 is 1.29 bits per heavy atom. The Bertz CT molecular complexity index is 571. The summed E-state index contributed by atoms with van der Waals surface area (Å²) >= 11 is 0. The Morgan fingerprint density at radius 2 is 1.90 bits per heavy atom. The second kappa shape index (κ2) is 6.69. The van der Waals surface area contributed by atoms with Crippen molar-refractivity contribution in [1.29, 1.82) is 0 Å². The fraction of sp³-hybridized carbons (Fsp3) is 0.385. The monoisotopic (exact) mass is 295 g/mol. The normalized spacial score (nSPS) is 9.90. The van der Waals surface area contributed by atoms with Gasteiger partial charge in [-0.1, -0.05) is 0 Å². The van der Waals surface area contributed by atoms with Crippen LogP contribution in [-0.2, 0) is 9.53 Å². The molecule has 0 spiro atoms. The van der Waals surface area contributed by atoms with Gasteiger partial charge in [-0.05, 0) is 6.07 Å². The van der Waals surface area contributed by atoms with E-state index in [4.69, 9.17) is 0 Å². The standard InChI is InChI=1S/C13H17N3O5/c1-14(2)12(17)8-15(3)11-6-5-9(16(19)20)7-10(11)13(18)21-4/h5-7H,8H2,1-4H3. The van der Waals surface area contributed by atoms with E-state index in [1.807, 2.05) is 0 Å². The van der Waals surface area contributed by atoms with Gasteiger partial charge in [0.25, 0.3) is 5.69 Å². The Labute approximate surface area is 122 Å². The number of hydrogen-bond donors (Lipinski definition) is 0. The molecule has 0 aliphatic rings. The zero-order valence-electron chi connectivity index (χ0n) is 12.3. The van der Waals surface area contributed by atoms with Crippen LogP contribution >= 0.6 is 0 Å². The summed E-state index contributed by atoms with van der Waals surface area (Å²) in [7, 11) is 6.05. The first kappa shape index (κ1) is 16.4. The summed E-state index contributed by atoms with van der Waals surface area (Å²) in [5.74, 6) is -0.857. The van der Waals surface area contributed by atoms with E-state index < -0.39 is 10.9 Å². The van der Waals surface area contributed by atoms with Crippen molar-refractivity contribution in [2.45, 2.75) is 0 Å². The maximum Gasteiger partial charge on any atom is 0.340 e. The molecule has 1 rings (SSSR count). The number of amides is 1. The number of rotatable bonds is 5. The van der Waals surface area contributed by atoms with Crippen LogP contribution in [0.1, 0.15) is 10.4 Å². The number of anilines is 1. The van der Waals surface area contributed by atoms with Gasteiger partial charge in [0, 0.05) is 33.3 Å². The number of carbonyl (C=O) groups excluding carboxylic acids is 2. The molecule has 0 radical (unpaired) electrons. The van der Waals surface area contributed by atoms with Gasteiger partial charge in [0.1, 0.15) is 0 Å². The van der Waals surface area contributed by atoms with Crippen molar-refractivity contribution in [3.8, 4) is 0 Å². The van der Waals surface area contributed by atoms with Crippen molar-refractivity contribution in [1.82, 2.24) is 4.90 Å². The zero-order valence-corrected chi connectivity index (χ0v) is 12.3. The van der Waals surface area contributed by atoms with E-state index in [1.54, 1.807) is 21.1 Å². The van der Waals surface area contributed by atoms with Crippen molar-refractivity contribution in [3.63, 3.8) is 0 Å². The summed E-state index contributed by atoms with van der Waals surface area (Å²) in [6.07, 6.45) is 0. The van der Waals surface area contributed by atoms with Gasteiger partial charge >= 0.3 is 5.97 Å². The van der Waals surface area contributed by atoms with Gasteiger partial charge in [0.05, 0.1) is 29.8 Å². The molecule has 0 aliphatic carbocycles. The summed E-state index contributed by atoms with van der Waals surface area (Å²) in [6.45, 7) is 0.0365. The number of nitro groups is 1. The van der Waals surface area contributed by atoms with Gasteiger partial charge < -0.3 is 14.5 Å². The fourth-order valence-electron chi connectivity index (χ4n) is 1.67. The third kappa shape index (κ3) is 3.91. The van der Waals surface area contributed by atoms with Crippen LogP contribution in [-0.4, -0.2) is 56.5 Å². The first-order chi connectivity index (χ1) is 9.77. The first-order valence-electron chi connectivity index (χ1n) is 6.06. The molecular formula is C13H17N3O5. The zero-order chi connectivity index (χ0) is 16.2. The van der Waals surface area contributed by atoms with Crippen molar-refractivity contribution >= 4 is 23.3 Å². The summed E-state index contributed by atoms with van der Waals surface area (Å²) < 4.78 is 4.63. The minimum absolute atomic E-state index is 0.0365. The Kier molecular flexibility index (Phi) is 5.23. The quantitative estimate of drug-likeness (QED) is 0.455. The number of nitro benzene ring substituents is 1. The van der Waals surface area contributed by atoms with Crippen LogP contribution in [0, 0.1) is 10.1 Å². The lowest BCUT2D eigenvalue weighted by atomic mass is 10.1. The molecule has 0 aliphatic heterocycles. The average Bonchev–Trinajstić information content (AvgIpc) is 2.45. The molecule has 0 saturated heterocycles. The predicted octanol–water partition coefficient (Wildman–Crippen LogP) is 0.906. The lowest BCUT2D eigenvalue weighted by Gasteiger charge is -2.22. The molecule has 0 aromatic heterocycles. The second-order valence-corrected chi connectivity index (χ2v) is 4.59. The minimum Gasteiger partial charge on any atom is -0.465 e. The van der Waals surface area contributed by atoms with Crippen molar-refractivity contribution in [2.75, 3.05) is 39.7 Å². The largest absolute Gasteiger partial charge is 0.465 e. The molecule has 8 heteroatoms. The molecule has 0 heterocycles. The number of methoxy groups -OCH3 is 1. The summed E-state index contributed by atoms with van der Waals surface area (Å²) in [5, 5.41) is 10.8.